The Morgan fingerprint density at radius 1 is 0.177 bits per heavy atom. The predicted molar refractivity (Wildman–Crippen MR) is 268 cm³/mol. The van der Waals surface area contributed by atoms with E-state index >= 15 is 0 Å². The SMILES string of the molecule is c1ccc(-c2ccccc2-c2c3cc4c5ccccc5c5cccc(c3c(-c3ccccc3-c3ccccc3)c3c6cccc7c8c(ccc9ccccc98)cc(c23)c67)c54)cc1. The van der Waals surface area contributed by atoms with E-state index in [0.29, 0.717) is 0 Å². The van der Waals surface area contributed by atoms with Crippen LogP contribution >= 0.6 is 0 Å². The highest BCUT2D eigenvalue weighted by atomic mass is 14.3. The minimum Gasteiger partial charge on any atom is -0.0622 e. The minimum atomic E-state index is 1.21. The van der Waals surface area contributed by atoms with E-state index in [1.54, 1.807) is 0 Å². The summed E-state index contributed by atoms with van der Waals surface area (Å²) in [5.74, 6) is 0. The lowest BCUT2D eigenvalue weighted by Gasteiger charge is -2.22. The third kappa shape index (κ3) is 4.51. The molecule has 0 aliphatic heterocycles. The Bertz CT molecular complexity index is 4120. The molecule has 0 amide bonds. The van der Waals surface area contributed by atoms with Crippen molar-refractivity contribution in [3.8, 4) is 44.5 Å². The topological polar surface area (TPSA) is 0 Å². The molecule has 0 heteroatoms. The molecular formula is C62H36. The second-order valence-corrected chi connectivity index (χ2v) is 17.0. The number of hydrogen-bond donors (Lipinski definition) is 0. The van der Waals surface area contributed by atoms with Crippen LogP contribution in [0.25, 0.3) is 141 Å². The molecule has 0 saturated heterocycles. The van der Waals surface area contributed by atoms with Gasteiger partial charge in [-0.25, -0.2) is 0 Å². The Balaban J connectivity index is 1.32. The molecule has 0 atom stereocenters. The third-order valence-corrected chi connectivity index (χ3v) is 13.9. The predicted octanol–water partition coefficient (Wildman–Crippen LogP) is 17.6. The van der Waals surface area contributed by atoms with Crippen LogP contribution in [0, 0.1) is 0 Å². The van der Waals surface area contributed by atoms with Gasteiger partial charge in [0.1, 0.15) is 0 Å². The van der Waals surface area contributed by atoms with E-state index in [0.717, 1.165) is 0 Å². The van der Waals surface area contributed by atoms with Gasteiger partial charge in [-0.15, -0.1) is 0 Å². The molecule has 0 aliphatic carbocycles. The molecule has 0 heterocycles. The zero-order valence-electron chi connectivity index (χ0n) is 33.8. The first-order valence-corrected chi connectivity index (χ1v) is 21.7. The van der Waals surface area contributed by atoms with Gasteiger partial charge in [-0.1, -0.05) is 206 Å². The van der Waals surface area contributed by atoms with Crippen molar-refractivity contribution in [2.24, 2.45) is 0 Å². The molecule has 62 heavy (non-hydrogen) atoms. The van der Waals surface area contributed by atoms with E-state index in [1.807, 2.05) is 0 Å². The van der Waals surface area contributed by atoms with E-state index in [2.05, 4.69) is 218 Å². The smallest absolute Gasteiger partial charge is 0.000696 e. The van der Waals surface area contributed by atoms with Crippen LogP contribution in [0.15, 0.2) is 218 Å². The Hall–Kier alpha value is -8.06. The second kappa shape index (κ2) is 12.7. The van der Waals surface area contributed by atoms with Gasteiger partial charge < -0.3 is 0 Å². The highest BCUT2D eigenvalue weighted by molar-refractivity contribution is 6.47. The number of rotatable bonds is 4. The normalized spacial score (nSPS) is 12.2. The maximum absolute atomic E-state index is 2.56. The van der Waals surface area contributed by atoms with Gasteiger partial charge in [0, 0.05) is 0 Å². The summed E-state index contributed by atoms with van der Waals surface area (Å²) in [6, 6.07) is 81.9. The van der Waals surface area contributed by atoms with E-state index < -0.39 is 0 Å². The van der Waals surface area contributed by atoms with Crippen molar-refractivity contribution in [2.75, 3.05) is 0 Å². The first-order valence-electron chi connectivity index (χ1n) is 21.7. The zero-order valence-corrected chi connectivity index (χ0v) is 33.8. The fraction of sp³-hybridized carbons (Fsp3) is 0. The van der Waals surface area contributed by atoms with Crippen LogP contribution in [-0.4, -0.2) is 0 Å². The molecule has 0 bridgehead atoms. The molecule has 0 spiro atoms. The van der Waals surface area contributed by atoms with Crippen molar-refractivity contribution < 1.29 is 0 Å². The van der Waals surface area contributed by atoms with Gasteiger partial charge in [0.15, 0.2) is 0 Å². The summed E-state index contributed by atoms with van der Waals surface area (Å²) in [5.41, 5.74) is 9.99. The lowest BCUT2D eigenvalue weighted by molar-refractivity contribution is 1.61. The Kier molecular flexibility index (Phi) is 6.92. The highest BCUT2D eigenvalue weighted by Crippen LogP contribution is 2.57. The molecule has 0 nitrogen and oxygen atoms in total. The summed E-state index contributed by atoms with van der Waals surface area (Å²) in [5, 5.41) is 23.5. The van der Waals surface area contributed by atoms with E-state index in [4.69, 9.17) is 0 Å². The van der Waals surface area contributed by atoms with Crippen molar-refractivity contribution in [3.05, 3.63) is 218 Å². The molecule has 284 valence electrons. The molecule has 0 aliphatic rings. The maximum atomic E-state index is 2.56. The first-order chi connectivity index (χ1) is 30.8. The van der Waals surface area contributed by atoms with Crippen molar-refractivity contribution in [3.63, 3.8) is 0 Å². The molecule has 14 aromatic carbocycles. The zero-order chi connectivity index (χ0) is 40.5. The lowest BCUT2D eigenvalue weighted by atomic mass is 9.81. The molecule has 0 saturated carbocycles. The Labute approximate surface area is 358 Å². The molecule has 0 N–H and O–H groups in total. The van der Waals surface area contributed by atoms with Gasteiger partial charge >= 0.3 is 0 Å². The van der Waals surface area contributed by atoms with Gasteiger partial charge in [-0.3, -0.25) is 0 Å². The van der Waals surface area contributed by atoms with Gasteiger partial charge in [-0.05, 0) is 154 Å². The monoisotopic (exact) mass is 780 g/mol. The van der Waals surface area contributed by atoms with E-state index in [-0.39, 0.29) is 0 Å². The molecule has 14 aromatic rings. The van der Waals surface area contributed by atoms with Gasteiger partial charge in [-0.2, -0.15) is 0 Å². The quantitative estimate of drug-likeness (QED) is 0.156. The second-order valence-electron chi connectivity index (χ2n) is 17.0. The van der Waals surface area contributed by atoms with Crippen molar-refractivity contribution in [1.82, 2.24) is 0 Å². The average molecular weight is 781 g/mol. The molecular weight excluding hydrogens is 745 g/mol. The van der Waals surface area contributed by atoms with Gasteiger partial charge in [0.05, 0.1) is 0 Å². The highest BCUT2D eigenvalue weighted by Gasteiger charge is 2.29. The lowest BCUT2D eigenvalue weighted by Crippen LogP contribution is -1.94. The Morgan fingerprint density at radius 2 is 0.629 bits per heavy atom. The summed E-state index contributed by atoms with van der Waals surface area (Å²) >= 11 is 0. The standard InChI is InChI=1S/C62H36/c1-3-17-37(18-4-1)41-22-9-13-27-46(41)58-54-36-52-45-26-12-11-25-44(45)48-29-15-31-50(56(48)52)59(54)60(47-28-14-10-23-42(47)38-19-5-2-6-20-38)61-51-32-16-30-49-55-40(35-53(57(49)51)62(58)61)34-33-39-21-7-8-24-43(39)55/h1-36H. The van der Waals surface area contributed by atoms with Crippen molar-refractivity contribution in [2.45, 2.75) is 0 Å². The summed E-state index contributed by atoms with van der Waals surface area (Å²) in [4.78, 5) is 0. The molecule has 0 aromatic heterocycles. The Morgan fingerprint density at radius 3 is 1.31 bits per heavy atom. The molecule has 0 unspecified atom stereocenters. The fourth-order valence-electron chi connectivity index (χ4n) is 11.5. The molecule has 0 radical (unpaired) electrons. The van der Waals surface area contributed by atoms with Gasteiger partial charge in [0.25, 0.3) is 0 Å². The summed E-state index contributed by atoms with van der Waals surface area (Å²) in [6.07, 6.45) is 0. The van der Waals surface area contributed by atoms with Crippen LogP contribution in [0.3, 0.4) is 0 Å². The van der Waals surface area contributed by atoms with E-state index in [1.165, 1.54) is 141 Å². The number of fused-ring (bicyclic) bond motifs is 12. The van der Waals surface area contributed by atoms with Crippen LogP contribution in [0.5, 0.6) is 0 Å². The van der Waals surface area contributed by atoms with Gasteiger partial charge in [0.2, 0.25) is 0 Å². The number of hydrogen-bond acceptors (Lipinski definition) is 0. The van der Waals surface area contributed by atoms with Crippen molar-refractivity contribution >= 4 is 97.0 Å². The molecule has 0 fully saturated rings. The third-order valence-electron chi connectivity index (χ3n) is 13.9. The largest absolute Gasteiger partial charge is 0.0622 e. The maximum Gasteiger partial charge on any atom is -0.000696 e. The average Bonchev–Trinajstić information content (AvgIpc) is 3.85. The summed E-state index contributed by atoms with van der Waals surface area (Å²) < 4.78 is 0. The fourth-order valence-corrected chi connectivity index (χ4v) is 11.5. The van der Waals surface area contributed by atoms with Crippen LogP contribution in [0.1, 0.15) is 0 Å². The van der Waals surface area contributed by atoms with Crippen LogP contribution < -0.4 is 0 Å². The van der Waals surface area contributed by atoms with Crippen molar-refractivity contribution in [1.29, 1.82) is 0 Å². The molecule has 14 rings (SSSR count). The van der Waals surface area contributed by atoms with Crippen LogP contribution in [-0.2, 0) is 0 Å². The van der Waals surface area contributed by atoms with Crippen LogP contribution in [0.2, 0.25) is 0 Å². The van der Waals surface area contributed by atoms with Crippen LogP contribution in [0.4, 0.5) is 0 Å². The number of benzene rings is 12. The minimum absolute atomic E-state index is 1.21. The van der Waals surface area contributed by atoms with E-state index in [9.17, 15) is 0 Å². The summed E-state index contributed by atoms with van der Waals surface area (Å²) in [7, 11) is 0. The summed E-state index contributed by atoms with van der Waals surface area (Å²) in [6.45, 7) is 0. The first kappa shape index (κ1) is 33.7.